The Morgan fingerprint density at radius 3 is 2.79 bits per heavy atom. The molecular weight excluding hydrogens is 392 g/mol. The Morgan fingerprint density at radius 1 is 1.11 bits per heavy atom. The molecule has 0 unspecified atom stereocenters. The van der Waals surface area contributed by atoms with Crippen LogP contribution in [0.1, 0.15) is 5.01 Å². The quantitative estimate of drug-likeness (QED) is 0.543. The molecule has 28 heavy (non-hydrogen) atoms. The van der Waals surface area contributed by atoms with Crippen LogP contribution >= 0.6 is 22.7 Å². The molecule has 1 fully saturated rings. The zero-order valence-corrected chi connectivity index (χ0v) is 17.1. The second kappa shape index (κ2) is 6.72. The van der Waals surface area contributed by atoms with Gasteiger partial charge in [-0.3, -0.25) is 4.79 Å². The fraction of sp³-hybridized carbons (Fsp3) is 0.250. The topological polar surface area (TPSA) is 67.3 Å². The summed E-state index contributed by atoms with van der Waals surface area (Å²) in [5.74, 6) is 0.843. The van der Waals surface area contributed by atoms with Crippen molar-refractivity contribution in [1.82, 2.24) is 9.97 Å². The molecule has 1 aliphatic rings. The minimum atomic E-state index is -0.0329. The van der Waals surface area contributed by atoms with Crippen LogP contribution in [0.4, 0.5) is 10.8 Å². The molecule has 8 heteroatoms. The number of methoxy groups -OCH3 is 1. The van der Waals surface area contributed by atoms with Gasteiger partial charge in [0.25, 0.3) is 0 Å². The van der Waals surface area contributed by atoms with E-state index in [1.54, 1.807) is 29.8 Å². The lowest BCUT2D eigenvalue weighted by molar-refractivity contribution is -0.120. The number of nitrogens with zero attached hydrogens (tertiary/aromatic N) is 3. The zero-order chi connectivity index (χ0) is 19.3. The largest absolute Gasteiger partial charge is 0.497 e. The van der Waals surface area contributed by atoms with E-state index >= 15 is 0 Å². The van der Waals surface area contributed by atoms with Crippen LogP contribution in [0, 0.1) is 12.8 Å². The number of hydrogen-bond acceptors (Lipinski definition) is 7. The Morgan fingerprint density at radius 2 is 1.96 bits per heavy atom. The predicted molar refractivity (Wildman–Crippen MR) is 115 cm³/mol. The number of anilines is 2. The monoisotopic (exact) mass is 410 g/mol. The molecule has 0 spiro atoms. The van der Waals surface area contributed by atoms with Crippen LogP contribution in [-0.4, -0.2) is 36.1 Å². The molecule has 1 saturated heterocycles. The lowest BCUT2D eigenvalue weighted by Crippen LogP contribution is -2.52. The lowest BCUT2D eigenvalue weighted by Gasteiger charge is -2.37. The fourth-order valence-electron chi connectivity index (χ4n) is 3.32. The van der Waals surface area contributed by atoms with Crippen molar-refractivity contribution in [3.05, 3.63) is 41.4 Å². The van der Waals surface area contributed by atoms with Crippen molar-refractivity contribution in [1.29, 1.82) is 0 Å². The number of ether oxygens (including phenoxy) is 1. The molecule has 3 heterocycles. The molecule has 2 aromatic carbocycles. The van der Waals surface area contributed by atoms with E-state index in [0.717, 1.165) is 42.0 Å². The molecule has 0 saturated carbocycles. The van der Waals surface area contributed by atoms with Crippen LogP contribution in [0.3, 0.4) is 0 Å². The molecule has 4 aromatic rings. The molecule has 6 nitrogen and oxygen atoms in total. The van der Waals surface area contributed by atoms with Crippen molar-refractivity contribution in [2.24, 2.45) is 5.92 Å². The number of carbonyl (C=O) groups is 1. The van der Waals surface area contributed by atoms with E-state index in [-0.39, 0.29) is 11.8 Å². The molecule has 0 atom stereocenters. The van der Waals surface area contributed by atoms with Gasteiger partial charge in [-0.15, -0.1) is 11.3 Å². The third-order valence-corrected chi connectivity index (χ3v) is 6.90. The number of fused-ring (bicyclic) bond motifs is 2. The van der Waals surface area contributed by atoms with E-state index in [9.17, 15) is 4.79 Å². The number of hydrogen-bond donors (Lipinski definition) is 1. The Bertz CT molecular complexity index is 1190. The van der Waals surface area contributed by atoms with Gasteiger partial charge in [0.05, 0.1) is 38.5 Å². The second-order valence-electron chi connectivity index (χ2n) is 6.84. The summed E-state index contributed by atoms with van der Waals surface area (Å²) in [6, 6.07) is 11.8. The summed E-state index contributed by atoms with van der Waals surface area (Å²) < 4.78 is 7.50. The number of amides is 1. The maximum Gasteiger partial charge on any atom is 0.231 e. The van der Waals surface area contributed by atoms with Crippen molar-refractivity contribution in [2.45, 2.75) is 6.92 Å². The Kier molecular flexibility index (Phi) is 4.17. The smallest absolute Gasteiger partial charge is 0.231 e. The van der Waals surface area contributed by atoms with Gasteiger partial charge in [-0.25, -0.2) is 9.97 Å². The summed E-state index contributed by atoms with van der Waals surface area (Å²) in [7, 11) is 1.66. The first-order chi connectivity index (χ1) is 13.6. The van der Waals surface area contributed by atoms with Crippen LogP contribution < -0.4 is 15.0 Å². The van der Waals surface area contributed by atoms with Crippen LogP contribution in [-0.2, 0) is 4.79 Å². The van der Waals surface area contributed by atoms with Gasteiger partial charge in [-0.2, -0.15) is 0 Å². The Balaban J connectivity index is 1.25. The van der Waals surface area contributed by atoms with Gasteiger partial charge in [-0.05, 0) is 43.3 Å². The highest BCUT2D eigenvalue weighted by molar-refractivity contribution is 7.22. The van der Waals surface area contributed by atoms with Crippen molar-refractivity contribution >= 4 is 59.8 Å². The average molecular weight is 411 g/mol. The van der Waals surface area contributed by atoms with E-state index in [2.05, 4.69) is 20.2 Å². The van der Waals surface area contributed by atoms with Crippen LogP contribution in [0.2, 0.25) is 0 Å². The van der Waals surface area contributed by atoms with Crippen molar-refractivity contribution in [3.8, 4) is 5.75 Å². The maximum absolute atomic E-state index is 12.6. The van der Waals surface area contributed by atoms with Crippen molar-refractivity contribution in [2.75, 3.05) is 30.4 Å². The first-order valence-electron chi connectivity index (χ1n) is 8.96. The van der Waals surface area contributed by atoms with Gasteiger partial charge >= 0.3 is 0 Å². The number of carbonyl (C=O) groups excluding carboxylic acids is 1. The number of aromatic nitrogens is 2. The molecular formula is C20H18N4O2S2. The molecule has 0 bridgehead atoms. The van der Waals surface area contributed by atoms with Gasteiger partial charge < -0.3 is 15.0 Å². The molecule has 1 aliphatic heterocycles. The summed E-state index contributed by atoms with van der Waals surface area (Å²) in [6.07, 6.45) is 0. The highest BCUT2D eigenvalue weighted by Gasteiger charge is 2.34. The Hall–Kier alpha value is -2.71. The van der Waals surface area contributed by atoms with Crippen LogP contribution in [0.15, 0.2) is 36.4 Å². The Labute approximate surface area is 169 Å². The lowest BCUT2D eigenvalue weighted by atomic mass is 10.00. The van der Waals surface area contributed by atoms with Crippen molar-refractivity contribution in [3.63, 3.8) is 0 Å². The molecule has 0 aliphatic carbocycles. The molecule has 1 N–H and O–H groups in total. The third-order valence-electron chi connectivity index (χ3n) is 4.87. The van der Waals surface area contributed by atoms with E-state index in [4.69, 9.17) is 4.74 Å². The summed E-state index contributed by atoms with van der Waals surface area (Å²) in [4.78, 5) is 23.9. The normalized spacial score (nSPS) is 14.4. The van der Waals surface area contributed by atoms with E-state index in [1.807, 2.05) is 43.3 Å². The first kappa shape index (κ1) is 17.4. The number of rotatable bonds is 4. The standard InChI is InChI=1S/C20H18N4O2S2/c1-11-21-16-7-13(3-6-17(16)27-11)22-19(25)12-9-24(10-12)20-23-15-5-4-14(26-2)8-18(15)28-20/h3-8,12H,9-10H2,1-2H3,(H,22,25). The number of benzene rings is 2. The molecule has 5 rings (SSSR count). The minimum absolute atomic E-state index is 0.0329. The van der Waals surface area contributed by atoms with Gasteiger partial charge in [0.15, 0.2) is 5.13 Å². The maximum atomic E-state index is 12.6. The SMILES string of the molecule is COc1ccc2nc(N3CC(C(=O)Nc4ccc5sc(C)nc5c4)C3)sc2c1. The third kappa shape index (κ3) is 3.08. The van der Waals surface area contributed by atoms with Gasteiger partial charge in [0, 0.05) is 18.8 Å². The molecule has 2 aromatic heterocycles. The summed E-state index contributed by atoms with van der Waals surface area (Å²) >= 11 is 3.29. The van der Waals surface area contributed by atoms with E-state index < -0.39 is 0 Å². The molecule has 142 valence electrons. The highest BCUT2D eigenvalue weighted by atomic mass is 32.1. The number of nitrogens with one attached hydrogen (secondary N) is 1. The average Bonchev–Trinajstić information content (AvgIpc) is 3.21. The fourth-order valence-corrected chi connectivity index (χ4v) is 5.14. The summed E-state index contributed by atoms with van der Waals surface area (Å²) in [5.41, 5.74) is 2.69. The summed E-state index contributed by atoms with van der Waals surface area (Å²) in [6.45, 7) is 3.35. The molecule has 1 amide bonds. The van der Waals surface area contributed by atoms with Crippen molar-refractivity contribution < 1.29 is 9.53 Å². The minimum Gasteiger partial charge on any atom is -0.497 e. The zero-order valence-electron chi connectivity index (χ0n) is 15.4. The summed E-state index contributed by atoms with van der Waals surface area (Å²) in [5, 5.41) is 5.00. The second-order valence-corrected chi connectivity index (χ2v) is 9.08. The van der Waals surface area contributed by atoms with Crippen LogP contribution in [0.25, 0.3) is 20.4 Å². The predicted octanol–water partition coefficient (Wildman–Crippen LogP) is 4.30. The number of aryl methyl sites for hydroxylation is 1. The van der Waals surface area contributed by atoms with E-state index in [1.165, 1.54) is 0 Å². The first-order valence-corrected chi connectivity index (χ1v) is 10.6. The van der Waals surface area contributed by atoms with Gasteiger partial charge in [0.2, 0.25) is 5.91 Å². The van der Waals surface area contributed by atoms with E-state index in [0.29, 0.717) is 13.1 Å². The number of thiazole rings is 2. The molecule has 0 radical (unpaired) electrons. The van der Waals surface area contributed by atoms with Gasteiger partial charge in [0.1, 0.15) is 5.75 Å². The van der Waals surface area contributed by atoms with Gasteiger partial charge in [-0.1, -0.05) is 11.3 Å². The van der Waals surface area contributed by atoms with Crippen LogP contribution in [0.5, 0.6) is 5.75 Å². The highest BCUT2D eigenvalue weighted by Crippen LogP contribution is 2.35.